The lowest BCUT2D eigenvalue weighted by molar-refractivity contribution is -0.132. The summed E-state index contributed by atoms with van der Waals surface area (Å²) in [6, 6.07) is 14.1. The molecule has 2 aromatic rings. The van der Waals surface area contributed by atoms with E-state index in [1.165, 1.54) is 21.6 Å². The Morgan fingerprint density at radius 1 is 1.22 bits per heavy atom. The van der Waals surface area contributed by atoms with Crippen LogP contribution >= 0.6 is 0 Å². The van der Waals surface area contributed by atoms with Crippen LogP contribution in [0.25, 0.3) is 11.1 Å². The maximum Gasteiger partial charge on any atom is 0.260 e. The molecule has 0 aromatic heterocycles. The average Bonchev–Trinajstić information content (AvgIpc) is 3.27. The molecule has 0 atom stereocenters. The largest absolute Gasteiger partial charge is 0.484 e. The first-order valence-corrected chi connectivity index (χ1v) is 12.0. The van der Waals surface area contributed by atoms with Crippen molar-refractivity contribution in [2.75, 3.05) is 38.7 Å². The highest BCUT2D eigenvalue weighted by atomic mass is 16.5. The zero-order chi connectivity index (χ0) is 25.1. The van der Waals surface area contributed by atoms with Gasteiger partial charge in [0.15, 0.2) is 12.4 Å². The number of aliphatic hydroxyl groups is 1. The predicted octanol–water partition coefficient (Wildman–Crippen LogP) is 3.53. The number of allylic oxidation sites excluding steroid dienone is 1. The van der Waals surface area contributed by atoms with Gasteiger partial charge >= 0.3 is 0 Å². The van der Waals surface area contributed by atoms with Gasteiger partial charge in [-0.05, 0) is 59.4 Å². The number of rotatable bonds is 8. The Morgan fingerprint density at radius 2 is 2.06 bits per heavy atom. The molecule has 0 unspecified atom stereocenters. The van der Waals surface area contributed by atoms with Gasteiger partial charge in [0.05, 0.1) is 19.4 Å². The fourth-order valence-electron chi connectivity index (χ4n) is 4.47. The number of fused-ring (bicyclic) bond motifs is 2. The summed E-state index contributed by atoms with van der Waals surface area (Å²) in [5, 5.41) is 12.6. The van der Waals surface area contributed by atoms with E-state index < -0.39 is 0 Å². The number of hydrogen-bond donors (Lipinski definition) is 2. The number of benzene rings is 2. The SMILES string of the molecule is C=C1CCc2cc(NC3=C(c4ccc(OCC(=O)N(C)CCO)cc4)CN=C4C=NC=CN43)ccc21. The van der Waals surface area contributed by atoms with E-state index in [0.717, 1.165) is 41.3 Å². The minimum absolute atomic E-state index is 0.0780. The highest BCUT2D eigenvalue weighted by Gasteiger charge is 2.25. The molecule has 0 saturated heterocycles. The number of amidine groups is 1. The van der Waals surface area contributed by atoms with Crippen molar-refractivity contribution in [2.24, 2.45) is 9.98 Å². The number of aryl methyl sites for hydroxylation is 1. The lowest BCUT2D eigenvalue weighted by Gasteiger charge is -2.31. The van der Waals surface area contributed by atoms with Gasteiger partial charge in [0.2, 0.25) is 0 Å². The molecule has 1 aliphatic carbocycles. The molecule has 2 N–H and O–H groups in total. The summed E-state index contributed by atoms with van der Waals surface area (Å²) in [6.45, 7) is 4.80. The van der Waals surface area contributed by atoms with Crippen LogP contribution in [-0.2, 0) is 11.2 Å². The molecule has 0 spiro atoms. The molecule has 2 aromatic carbocycles. The Balaban J connectivity index is 1.39. The summed E-state index contributed by atoms with van der Waals surface area (Å²) in [5.74, 6) is 2.12. The van der Waals surface area contributed by atoms with Gasteiger partial charge in [-0.3, -0.25) is 19.7 Å². The van der Waals surface area contributed by atoms with Crippen molar-refractivity contribution in [3.8, 4) is 5.75 Å². The van der Waals surface area contributed by atoms with Crippen LogP contribution in [0.15, 0.2) is 77.2 Å². The maximum absolute atomic E-state index is 12.1. The van der Waals surface area contributed by atoms with Crippen LogP contribution in [0.3, 0.4) is 0 Å². The fourth-order valence-corrected chi connectivity index (χ4v) is 4.47. The van der Waals surface area contributed by atoms with Gasteiger partial charge in [-0.15, -0.1) is 0 Å². The lowest BCUT2D eigenvalue weighted by Crippen LogP contribution is -2.35. The Bertz CT molecular complexity index is 1310. The molecule has 5 rings (SSSR count). The van der Waals surface area contributed by atoms with Crippen molar-refractivity contribution in [2.45, 2.75) is 12.8 Å². The van der Waals surface area contributed by atoms with E-state index in [1.54, 1.807) is 19.5 Å². The first-order valence-electron chi connectivity index (χ1n) is 12.0. The summed E-state index contributed by atoms with van der Waals surface area (Å²) in [6.07, 6.45) is 7.43. The van der Waals surface area contributed by atoms with Crippen LogP contribution in [0.2, 0.25) is 0 Å². The normalized spacial score (nSPS) is 16.0. The highest BCUT2D eigenvalue weighted by Crippen LogP contribution is 2.34. The number of nitrogens with zero attached hydrogens (tertiary/aromatic N) is 4. The van der Waals surface area contributed by atoms with Crippen molar-refractivity contribution in [1.82, 2.24) is 9.80 Å². The van der Waals surface area contributed by atoms with Gasteiger partial charge in [0.1, 0.15) is 11.6 Å². The summed E-state index contributed by atoms with van der Waals surface area (Å²) in [4.78, 5) is 24.5. The van der Waals surface area contributed by atoms with Gasteiger partial charge in [0, 0.05) is 37.3 Å². The summed E-state index contributed by atoms with van der Waals surface area (Å²) < 4.78 is 5.66. The number of carbonyl (C=O) groups excluding carboxylic acids is 1. The number of aliphatic hydroxyl groups excluding tert-OH is 1. The molecule has 8 nitrogen and oxygen atoms in total. The number of ether oxygens (including phenoxy) is 1. The molecule has 2 heterocycles. The second-order valence-electron chi connectivity index (χ2n) is 8.90. The highest BCUT2D eigenvalue weighted by molar-refractivity contribution is 6.31. The number of anilines is 1. The monoisotopic (exact) mass is 483 g/mol. The number of aliphatic imine (C=N–C) groups is 2. The maximum atomic E-state index is 12.1. The van der Waals surface area contributed by atoms with Crippen LogP contribution in [0.5, 0.6) is 5.75 Å². The first-order chi connectivity index (χ1) is 17.5. The number of likely N-dealkylation sites (N-methyl/N-ethyl adjacent to an activating group) is 1. The van der Waals surface area contributed by atoms with Gasteiger partial charge in [-0.25, -0.2) is 0 Å². The third-order valence-electron chi connectivity index (χ3n) is 6.54. The minimum Gasteiger partial charge on any atom is -0.484 e. The van der Waals surface area contributed by atoms with E-state index in [0.29, 0.717) is 12.3 Å². The molecule has 0 fully saturated rings. The van der Waals surface area contributed by atoms with Crippen LogP contribution in [0.1, 0.15) is 23.1 Å². The van der Waals surface area contributed by atoms with E-state index in [9.17, 15) is 4.79 Å². The number of carbonyl (C=O) groups is 1. The van der Waals surface area contributed by atoms with Gasteiger partial charge < -0.3 is 20.1 Å². The van der Waals surface area contributed by atoms with Crippen LogP contribution in [0.4, 0.5) is 5.69 Å². The topological polar surface area (TPSA) is 89.8 Å². The van der Waals surface area contributed by atoms with Crippen molar-refractivity contribution in [3.63, 3.8) is 0 Å². The predicted molar refractivity (Wildman–Crippen MR) is 143 cm³/mol. The van der Waals surface area contributed by atoms with Gasteiger partial charge in [-0.1, -0.05) is 24.8 Å². The Labute approximate surface area is 210 Å². The fraction of sp³-hybridized carbons (Fsp3) is 0.250. The second kappa shape index (κ2) is 10.2. The van der Waals surface area contributed by atoms with E-state index in [4.69, 9.17) is 14.8 Å². The average molecular weight is 484 g/mol. The number of amides is 1. The molecule has 3 aliphatic rings. The molecule has 36 heavy (non-hydrogen) atoms. The first kappa shape index (κ1) is 23.6. The van der Waals surface area contributed by atoms with E-state index in [1.807, 2.05) is 35.4 Å². The molecule has 0 bridgehead atoms. The third kappa shape index (κ3) is 4.81. The standard InChI is InChI=1S/C28H29N5O3/c1-19-3-4-21-15-22(7-10-24(19)21)31-28-25(16-30-26-17-29-11-12-33(26)28)20-5-8-23(9-6-20)36-18-27(35)32(2)13-14-34/h5-12,15,17,31,34H,1,3-4,13-14,16,18H2,2H3. The molecule has 184 valence electrons. The van der Waals surface area contributed by atoms with Crippen molar-refractivity contribution in [3.05, 3.63) is 84.0 Å². The van der Waals surface area contributed by atoms with Crippen LogP contribution in [0, 0.1) is 0 Å². The minimum atomic E-state index is -0.187. The zero-order valence-electron chi connectivity index (χ0n) is 20.3. The van der Waals surface area contributed by atoms with Crippen LogP contribution in [-0.4, -0.2) is 66.2 Å². The summed E-state index contributed by atoms with van der Waals surface area (Å²) in [7, 11) is 1.64. The summed E-state index contributed by atoms with van der Waals surface area (Å²) in [5.41, 5.74) is 6.81. The van der Waals surface area contributed by atoms with Crippen molar-refractivity contribution >= 4 is 34.8 Å². The van der Waals surface area contributed by atoms with Crippen molar-refractivity contribution in [1.29, 1.82) is 0 Å². The third-order valence-corrected chi connectivity index (χ3v) is 6.54. The molecule has 8 heteroatoms. The lowest BCUT2D eigenvalue weighted by atomic mass is 10.0. The smallest absolute Gasteiger partial charge is 0.260 e. The molecular weight excluding hydrogens is 454 g/mol. The molecular formula is C28H29N5O3. The quantitative estimate of drug-likeness (QED) is 0.600. The number of nitrogens with one attached hydrogen (secondary N) is 1. The number of hydrogen-bond acceptors (Lipinski definition) is 7. The van der Waals surface area contributed by atoms with E-state index >= 15 is 0 Å². The Hall–Kier alpha value is -4.17. The molecule has 2 aliphatic heterocycles. The summed E-state index contributed by atoms with van der Waals surface area (Å²) >= 11 is 0. The molecule has 0 saturated carbocycles. The zero-order valence-corrected chi connectivity index (χ0v) is 20.3. The van der Waals surface area contributed by atoms with E-state index in [-0.39, 0.29) is 25.7 Å². The molecule has 0 radical (unpaired) electrons. The van der Waals surface area contributed by atoms with Gasteiger partial charge in [-0.2, -0.15) is 0 Å². The second-order valence-corrected chi connectivity index (χ2v) is 8.90. The van der Waals surface area contributed by atoms with Gasteiger partial charge in [0.25, 0.3) is 5.91 Å². The van der Waals surface area contributed by atoms with Crippen LogP contribution < -0.4 is 10.1 Å². The Morgan fingerprint density at radius 3 is 2.86 bits per heavy atom. The Kier molecular flexibility index (Phi) is 6.69. The van der Waals surface area contributed by atoms with Crippen molar-refractivity contribution < 1.29 is 14.6 Å². The van der Waals surface area contributed by atoms with E-state index in [2.05, 4.69) is 35.1 Å². The molecule has 1 amide bonds.